The van der Waals surface area contributed by atoms with E-state index in [0.717, 1.165) is 0 Å². The maximum Gasteiger partial charge on any atom is 0.279 e. The minimum Gasteiger partial charge on any atom is -0.273 e. The number of rotatable bonds is 4. The molecule has 0 aliphatic carbocycles. The van der Waals surface area contributed by atoms with Crippen molar-refractivity contribution in [2.24, 2.45) is 5.92 Å². The van der Waals surface area contributed by atoms with Crippen molar-refractivity contribution in [2.45, 2.75) is 17.7 Å². The third-order valence-electron chi connectivity index (χ3n) is 4.18. The molecule has 3 rings (SSSR count). The molecule has 1 fully saturated rings. The molecule has 1 aromatic heterocycles. The molecule has 26 heavy (non-hydrogen) atoms. The molecular formula is C17H19N3O4S2. The second kappa shape index (κ2) is 7.98. The van der Waals surface area contributed by atoms with E-state index in [2.05, 4.69) is 10.9 Å². The van der Waals surface area contributed by atoms with E-state index in [1.807, 2.05) is 0 Å². The SMILES string of the molecule is O=C(NNC(=O)C1CCCN(S(=O)(=O)c2ccccc2)C1)c1cccs1. The van der Waals surface area contributed by atoms with Gasteiger partial charge in [-0.15, -0.1) is 11.3 Å². The summed E-state index contributed by atoms with van der Waals surface area (Å²) in [7, 11) is -3.63. The number of nitrogens with one attached hydrogen (secondary N) is 2. The van der Waals surface area contributed by atoms with Crippen LogP contribution in [-0.4, -0.2) is 37.6 Å². The summed E-state index contributed by atoms with van der Waals surface area (Å²) < 4.78 is 26.7. The molecule has 0 radical (unpaired) electrons. The number of thiophene rings is 1. The van der Waals surface area contributed by atoms with E-state index in [1.165, 1.54) is 15.6 Å². The van der Waals surface area contributed by atoms with Gasteiger partial charge in [-0.3, -0.25) is 20.4 Å². The maximum atomic E-state index is 12.7. The highest BCUT2D eigenvalue weighted by Gasteiger charge is 2.33. The minimum absolute atomic E-state index is 0.0952. The maximum absolute atomic E-state index is 12.7. The molecule has 2 aromatic rings. The zero-order valence-corrected chi connectivity index (χ0v) is 15.6. The lowest BCUT2D eigenvalue weighted by Gasteiger charge is -2.31. The van der Waals surface area contributed by atoms with Crippen molar-refractivity contribution in [3.8, 4) is 0 Å². The van der Waals surface area contributed by atoms with E-state index in [4.69, 9.17) is 0 Å². The molecule has 0 spiro atoms. The van der Waals surface area contributed by atoms with Gasteiger partial charge in [0.25, 0.3) is 5.91 Å². The predicted octanol–water partition coefficient (Wildman–Crippen LogP) is 1.61. The fourth-order valence-corrected chi connectivity index (χ4v) is 4.97. The van der Waals surface area contributed by atoms with Gasteiger partial charge < -0.3 is 0 Å². The first-order valence-corrected chi connectivity index (χ1v) is 10.5. The van der Waals surface area contributed by atoms with Gasteiger partial charge in [0.2, 0.25) is 15.9 Å². The topological polar surface area (TPSA) is 95.6 Å². The third-order valence-corrected chi connectivity index (χ3v) is 6.93. The highest BCUT2D eigenvalue weighted by Crippen LogP contribution is 2.23. The molecule has 2 amide bonds. The van der Waals surface area contributed by atoms with Gasteiger partial charge in [-0.05, 0) is 36.4 Å². The lowest BCUT2D eigenvalue weighted by atomic mass is 9.99. The Balaban J connectivity index is 1.61. The zero-order chi connectivity index (χ0) is 18.6. The number of hydrazine groups is 1. The van der Waals surface area contributed by atoms with Crippen molar-refractivity contribution in [1.29, 1.82) is 0 Å². The van der Waals surface area contributed by atoms with Crippen molar-refractivity contribution in [3.63, 3.8) is 0 Å². The minimum atomic E-state index is -3.63. The second-order valence-electron chi connectivity index (χ2n) is 5.94. The standard InChI is InChI=1S/C17H19N3O4S2/c21-16(18-19-17(22)15-9-5-11-25-15)13-6-4-10-20(12-13)26(23,24)14-7-2-1-3-8-14/h1-3,5,7-9,11,13H,4,6,10,12H2,(H,18,21)(H,19,22). The quantitative estimate of drug-likeness (QED) is 0.772. The van der Waals surface area contributed by atoms with Gasteiger partial charge in [0.05, 0.1) is 15.7 Å². The average molecular weight is 393 g/mol. The van der Waals surface area contributed by atoms with Crippen LogP contribution in [0.4, 0.5) is 0 Å². The fraction of sp³-hybridized carbons (Fsp3) is 0.294. The molecule has 1 saturated heterocycles. The number of amides is 2. The Bertz CT molecular complexity index is 867. The van der Waals surface area contributed by atoms with Crippen molar-refractivity contribution >= 4 is 33.2 Å². The van der Waals surface area contributed by atoms with Gasteiger partial charge in [-0.1, -0.05) is 24.3 Å². The smallest absolute Gasteiger partial charge is 0.273 e. The van der Waals surface area contributed by atoms with Crippen LogP contribution in [0, 0.1) is 5.92 Å². The molecule has 2 N–H and O–H groups in total. The Morgan fingerprint density at radius 2 is 1.85 bits per heavy atom. The largest absolute Gasteiger partial charge is 0.279 e. The number of carbonyl (C=O) groups is 2. The third kappa shape index (κ3) is 4.12. The van der Waals surface area contributed by atoms with Crippen LogP contribution in [0.25, 0.3) is 0 Å². The van der Waals surface area contributed by atoms with Crippen LogP contribution in [0.5, 0.6) is 0 Å². The number of sulfonamides is 1. The molecular weight excluding hydrogens is 374 g/mol. The van der Waals surface area contributed by atoms with E-state index in [9.17, 15) is 18.0 Å². The Kier molecular flexibility index (Phi) is 5.70. The number of hydrogen-bond donors (Lipinski definition) is 2. The van der Waals surface area contributed by atoms with Crippen LogP contribution in [0.1, 0.15) is 22.5 Å². The van der Waals surface area contributed by atoms with Gasteiger partial charge in [-0.25, -0.2) is 8.42 Å². The summed E-state index contributed by atoms with van der Waals surface area (Å²) in [5, 5.41) is 1.77. The number of carbonyl (C=O) groups excluding carboxylic acids is 2. The van der Waals surface area contributed by atoms with Crippen LogP contribution >= 0.6 is 11.3 Å². The number of nitrogens with zero attached hydrogens (tertiary/aromatic N) is 1. The molecule has 1 unspecified atom stereocenters. The summed E-state index contributed by atoms with van der Waals surface area (Å²) in [6.07, 6.45) is 1.16. The van der Waals surface area contributed by atoms with Crippen LogP contribution in [0.3, 0.4) is 0 Å². The summed E-state index contributed by atoms with van der Waals surface area (Å²) in [5.74, 6) is -1.29. The molecule has 7 nitrogen and oxygen atoms in total. The molecule has 1 aliphatic rings. The molecule has 138 valence electrons. The average Bonchev–Trinajstić information content (AvgIpc) is 3.21. The molecule has 9 heteroatoms. The van der Waals surface area contributed by atoms with Gasteiger partial charge in [0, 0.05) is 13.1 Å². The highest BCUT2D eigenvalue weighted by molar-refractivity contribution is 7.89. The summed E-state index contributed by atoms with van der Waals surface area (Å²) in [6, 6.07) is 11.6. The normalized spacial score (nSPS) is 18.2. The first kappa shape index (κ1) is 18.6. The molecule has 0 saturated carbocycles. The number of hydrogen-bond acceptors (Lipinski definition) is 5. The lowest BCUT2D eigenvalue weighted by molar-refractivity contribution is -0.126. The zero-order valence-electron chi connectivity index (χ0n) is 13.9. The van der Waals surface area contributed by atoms with Gasteiger partial charge in [-0.2, -0.15) is 4.31 Å². The summed E-state index contributed by atoms with van der Waals surface area (Å²) >= 11 is 1.27. The van der Waals surface area contributed by atoms with E-state index >= 15 is 0 Å². The predicted molar refractivity (Wildman–Crippen MR) is 97.9 cm³/mol. The molecule has 1 atom stereocenters. The van der Waals surface area contributed by atoms with E-state index in [-0.39, 0.29) is 17.3 Å². The summed E-state index contributed by atoms with van der Waals surface area (Å²) in [5.41, 5.74) is 4.77. The fourth-order valence-electron chi connectivity index (χ4n) is 2.81. The monoisotopic (exact) mass is 393 g/mol. The Morgan fingerprint density at radius 3 is 2.54 bits per heavy atom. The first-order chi connectivity index (χ1) is 12.5. The van der Waals surface area contributed by atoms with E-state index < -0.39 is 21.8 Å². The van der Waals surface area contributed by atoms with Crippen molar-refractivity contribution < 1.29 is 18.0 Å². The van der Waals surface area contributed by atoms with Crippen LogP contribution in [-0.2, 0) is 14.8 Å². The number of benzene rings is 1. The Labute approximate surface area is 156 Å². The van der Waals surface area contributed by atoms with Crippen molar-refractivity contribution in [3.05, 3.63) is 52.7 Å². The Morgan fingerprint density at radius 1 is 1.08 bits per heavy atom. The summed E-state index contributed by atoms with van der Waals surface area (Å²) in [4.78, 5) is 24.9. The van der Waals surface area contributed by atoms with Gasteiger partial charge in [0.1, 0.15) is 0 Å². The lowest BCUT2D eigenvalue weighted by Crippen LogP contribution is -2.49. The molecule has 0 bridgehead atoms. The van der Waals surface area contributed by atoms with Gasteiger partial charge in [0.15, 0.2) is 0 Å². The van der Waals surface area contributed by atoms with E-state index in [1.54, 1.807) is 47.8 Å². The number of piperidine rings is 1. The van der Waals surface area contributed by atoms with Crippen LogP contribution < -0.4 is 10.9 Å². The second-order valence-corrected chi connectivity index (χ2v) is 8.82. The Hall–Kier alpha value is -2.23. The summed E-state index contributed by atoms with van der Waals surface area (Å²) in [6.45, 7) is 0.473. The molecule has 1 aromatic carbocycles. The van der Waals surface area contributed by atoms with Crippen LogP contribution in [0.15, 0.2) is 52.7 Å². The van der Waals surface area contributed by atoms with E-state index in [0.29, 0.717) is 24.3 Å². The van der Waals surface area contributed by atoms with Crippen molar-refractivity contribution in [1.82, 2.24) is 15.2 Å². The van der Waals surface area contributed by atoms with Crippen LogP contribution in [0.2, 0.25) is 0 Å². The first-order valence-electron chi connectivity index (χ1n) is 8.17. The van der Waals surface area contributed by atoms with Crippen molar-refractivity contribution in [2.75, 3.05) is 13.1 Å². The molecule has 1 aliphatic heterocycles. The van der Waals surface area contributed by atoms with Gasteiger partial charge >= 0.3 is 0 Å². The highest BCUT2D eigenvalue weighted by atomic mass is 32.2. The molecule has 2 heterocycles.